The van der Waals surface area contributed by atoms with E-state index in [0.717, 1.165) is 0 Å². The average Bonchev–Trinajstić information content (AvgIpc) is 2.99. The lowest BCUT2D eigenvalue weighted by molar-refractivity contribution is -0.192. The zero-order valence-electron chi connectivity index (χ0n) is 14.1. The third kappa shape index (κ3) is 3.58. The second-order valence-electron chi connectivity index (χ2n) is 6.18. The number of esters is 1. The van der Waals surface area contributed by atoms with Gasteiger partial charge < -0.3 is 18.9 Å². The molecule has 2 aliphatic heterocycles. The van der Waals surface area contributed by atoms with E-state index in [0.29, 0.717) is 0 Å². The van der Waals surface area contributed by atoms with Crippen LogP contribution < -0.4 is 11.2 Å². The number of carbonyl (C=O) groups excluding carboxylic acids is 1. The van der Waals surface area contributed by atoms with Gasteiger partial charge in [0.15, 0.2) is 12.0 Å². The Hall–Kier alpha value is -2.23. The first-order valence-electron chi connectivity index (χ1n) is 7.98. The Kier molecular flexibility index (Phi) is 4.63. The standard InChI is InChI=1S/C16H20N2O7/c1-4-22-11(20)6-5-9-12-13(25-16(2,3)24-12)14(23-9)18-8-7-10(19)17-15(18)21/h5-9,12-14H,4H2,1-3H3,(H,17,19,21)/b6-5+. The Morgan fingerprint density at radius 1 is 1.36 bits per heavy atom. The summed E-state index contributed by atoms with van der Waals surface area (Å²) in [5.74, 6) is -1.36. The van der Waals surface area contributed by atoms with Crippen molar-refractivity contribution < 1.29 is 23.7 Å². The van der Waals surface area contributed by atoms with Crippen LogP contribution in [0, 0.1) is 0 Å². The van der Waals surface area contributed by atoms with E-state index in [4.69, 9.17) is 18.9 Å². The number of hydrogen-bond donors (Lipinski definition) is 1. The molecule has 3 heterocycles. The minimum atomic E-state index is -0.862. The lowest BCUT2D eigenvalue weighted by atomic mass is 10.1. The number of hydrogen-bond acceptors (Lipinski definition) is 7. The van der Waals surface area contributed by atoms with E-state index in [1.165, 1.54) is 29.0 Å². The molecule has 9 nitrogen and oxygen atoms in total. The molecule has 9 heteroatoms. The van der Waals surface area contributed by atoms with Gasteiger partial charge in [-0.1, -0.05) is 0 Å². The molecule has 0 radical (unpaired) electrons. The first kappa shape index (κ1) is 17.6. The van der Waals surface area contributed by atoms with Gasteiger partial charge in [0.05, 0.1) is 6.61 Å². The van der Waals surface area contributed by atoms with Crippen LogP contribution in [-0.2, 0) is 23.7 Å². The smallest absolute Gasteiger partial charge is 0.330 e. The van der Waals surface area contributed by atoms with Gasteiger partial charge in [-0.05, 0) is 26.8 Å². The number of nitrogens with one attached hydrogen (secondary N) is 1. The van der Waals surface area contributed by atoms with Gasteiger partial charge in [0, 0.05) is 18.3 Å². The fraction of sp³-hybridized carbons (Fsp3) is 0.562. The van der Waals surface area contributed by atoms with Gasteiger partial charge in [-0.2, -0.15) is 0 Å². The lowest BCUT2D eigenvalue weighted by Gasteiger charge is -2.24. The summed E-state index contributed by atoms with van der Waals surface area (Å²) in [5.41, 5.74) is -1.11. The monoisotopic (exact) mass is 352 g/mol. The predicted molar refractivity (Wildman–Crippen MR) is 84.8 cm³/mol. The first-order chi connectivity index (χ1) is 11.8. The summed E-state index contributed by atoms with van der Waals surface area (Å²) in [6, 6.07) is 1.22. The number of ether oxygens (including phenoxy) is 4. The normalized spacial score (nSPS) is 30.5. The molecule has 0 aliphatic carbocycles. The first-order valence-corrected chi connectivity index (χ1v) is 7.98. The molecule has 4 unspecified atom stereocenters. The summed E-state index contributed by atoms with van der Waals surface area (Å²) < 4.78 is 23.7. The number of aromatic nitrogens is 2. The third-order valence-corrected chi connectivity index (χ3v) is 3.90. The summed E-state index contributed by atoms with van der Waals surface area (Å²) in [6.07, 6.45) is 1.64. The van der Waals surface area contributed by atoms with Crippen molar-refractivity contribution in [2.24, 2.45) is 0 Å². The van der Waals surface area contributed by atoms with E-state index < -0.39 is 47.5 Å². The number of fused-ring (bicyclic) bond motifs is 1. The number of carbonyl (C=O) groups is 1. The SMILES string of the molecule is CCOC(=O)/C=C/C1OC(n2ccc(=O)[nH]c2=O)C2OC(C)(C)OC12. The molecule has 2 fully saturated rings. The number of rotatable bonds is 4. The molecule has 2 saturated heterocycles. The zero-order chi connectivity index (χ0) is 18.2. The van der Waals surface area contributed by atoms with Crippen LogP contribution in [0.2, 0.25) is 0 Å². The highest BCUT2D eigenvalue weighted by Crippen LogP contribution is 2.42. The molecule has 0 spiro atoms. The van der Waals surface area contributed by atoms with Crippen molar-refractivity contribution in [3.63, 3.8) is 0 Å². The van der Waals surface area contributed by atoms with Crippen LogP contribution in [0.25, 0.3) is 0 Å². The maximum atomic E-state index is 12.1. The summed E-state index contributed by atoms with van der Waals surface area (Å²) in [6.45, 7) is 5.49. The van der Waals surface area contributed by atoms with E-state index in [1.807, 2.05) is 0 Å². The highest BCUT2D eigenvalue weighted by Gasteiger charge is 2.55. The molecule has 0 amide bonds. The minimum Gasteiger partial charge on any atom is -0.463 e. The van der Waals surface area contributed by atoms with Crippen LogP contribution >= 0.6 is 0 Å². The molecule has 4 atom stereocenters. The molecule has 25 heavy (non-hydrogen) atoms. The van der Waals surface area contributed by atoms with Gasteiger partial charge in [0.2, 0.25) is 0 Å². The molecule has 3 rings (SSSR count). The van der Waals surface area contributed by atoms with Crippen molar-refractivity contribution in [2.75, 3.05) is 6.61 Å². The fourth-order valence-electron chi connectivity index (χ4n) is 2.98. The van der Waals surface area contributed by atoms with Crippen molar-refractivity contribution in [1.29, 1.82) is 0 Å². The highest BCUT2D eigenvalue weighted by molar-refractivity contribution is 5.81. The van der Waals surface area contributed by atoms with Crippen LogP contribution in [0.1, 0.15) is 27.0 Å². The number of aromatic amines is 1. The molecule has 2 aliphatic rings. The van der Waals surface area contributed by atoms with Crippen molar-refractivity contribution in [2.45, 2.75) is 51.1 Å². The topological polar surface area (TPSA) is 109 Å². The van der Waals surface area contributed by atoms with Crippen LogP contribution in [0.15, 0.2) is 34.0 Å². The maximum Gasteiger partial charge on any atom is 0.330 e. The molecule has 0 bridgehead atoms. The number of nitrogens with zero attached hydrogens (tertiary/aromatic N) is 1. The van der Waals surface area contributed by atoms with Gasteiger partial charge >= 0.3 is 11.7 Å². The van der Waals surface area contributed by atoms with Gasteiger partial charge in [-0.25, -0.2) is 9.59 Å². The van der Waals surface area contributed by atoms with Gasteiger partial charge in [-0.3, -0.25) is 14.3 Å². The molecular formula is C16H20N2O7. The Bertz CT molecular complexity index is 794. The molecule has 0 saturated carbocycles. The summed E-state index contributed by atoms with van der Waals surface area (Å²) >= 11 is 0. The van der Waals surface area contributed by atoms with E-state index in [-0.39, 0.29) is 6.61 Å². The Labute approximate surface area is 143 Å². The second-order valence-corrected chi connectivity index (χ2v) is 6.18. The van der Waals surface area contributed by atoms with Crippen molar-refractivity contribution in [3.8, 4) is 0 Å². The van der Waals surface area contributed by atoms with Gasteiger partial charge in [0.1, 0.15) is 18.3 Å². The molecular weight excluding hydrogens is 332 g/mol. The zero-order valence-corrected chi connectivity index (χ0v) is 14.1. The van der Waals surface area contributed by atoms with Crippen molar-refractivity contribution >= 4 is 5.97 Å². The highest BCUT2D eigenvalue weighted by atomic mass is 16.8. The molecule has 1 aromatic rings. The van der Waals surface area contributed by atoms with E-state index in [1.54, 1.807) is 20.8 Å². The summed E-state index contributed by atoms with van der Waals surface area (Å²) in [5, 5.41) is 0. The van der Waals surface area contributed by atoms with Crippen molar-refractivity contribution in [1.82, 2.24) is 9.55 Å². The molecule has 136 valence electrons. The quantitative estimate of drug-likeness (QED) is 0.603. The van der Waals surface area contributed by atoms with E-state index in [2.05, 4.69) is 4.98 Å². The number of H-pyrrole nitrogens is 1. The Morgan fingerprint density at radius 2 is 2.08 bits per heavy atom. The maximum absolute atomic E-state index is 12.1. The van der Waals surface area contributed by atoms with Gasteiger partial charge in [-0.15, -0.1) is 0 Å². The summed E-state index contributed by atoms with van der Waals surface area (Å²) in [7, 11) is 0. The molecule has 0 aromatic carbocycles. The van der Waals surface area contributed by atoms with Crippen LogP contribution in [0.4, 0.5) is 0 Å². The minimum absolute atomic E-state index is 0.267. The lowest BCUT2D eigenvalue weighted by Crippen LogP contribution is -2.37. The Balaban J connectivity index is 1.89. The average molecular weight is 352 g/mol. The molecule has 1 aromatic heterocycles. The van der Waals surface area contributed by atoms with Crippen LogP contribution in [0.3, 0.4) is 0 Å². The third-order valence-electron chi connectivity index (χ3n) is 3.90. The fourth-order valence-corrected chi connectivity index (χ4v) is 2.98. The van der Waals surface area contributed by atoms with Gasteiger partial charge in [0.25, 0.3) is 5.56 Å². The van der Waals surface area contributed by atoms with Crippen molar-refractivity contribution in [3.05, 3.63) is 45.3 Å². The van der Waals surface area contributed by atoms with E-state index in [9.17, 15) is 14.4 Å². The predicted octanol–water partition coefficient (Wildman–Crippen LogP) is 0.0734. The largest absolute Gasteiger partial charge is 0.463 e. The summed E-state index contributed by atoms with van der Waals surface area (Å²) in [4.78, 5) is 37.0. The van der Waals surface area contributed by atoms with E-state index >= 15 is 0 Å². The van der Waals surface area contributed by atoms with Crippen LogP contribution in [-0.4, -0.2) is 46.2 Å². The second kappa shape index (κ2) is 6.58. The van der Waals surface area contributed by atoms with Crippen LogP contribution in [0.5, 0.6) is 0 Å². The Morgan fingerprint density at radius 3 is 2.76 bits per heavy atom. The molecule has 1 N–H and O–H groups in total.